The van der Waals surface area contributed by atoms with E-state index in [1.54, 1.807) is 12.1 Å². The SMILES string of the molecule is C[C@H](Oc1ccc(Cl)cc1Cl)C(=O)Nc1ccccc1OC(F)F. The smallest absolute Gasteiger partial charge is 0.387 e. The largest absolute Gasteiger partial charge is 0.479 e. The Balaban J connectivity index is 2.06. The second-order valence-corrected chi connectivity index (χ2v) is 5.54. The third-order valence-electron chi connectivity index (χ3n) is 2.93. The Morgan fingerprint density at radius 2 is 1.79 bits per heavy atom. The standard InChI is InChI=1S/C16H13Cl2F2NO3/c1-9(23-13-7-6-10(17)8-11(13)18)15(22)21-12-4-2-3-5-14(12)24-16(19)20/h2-9,16H,1H3,(H,21,22)/t9-/m0/s1. The fourth-order valence-corrected chi connectivity index (χ4v) is 2.27. The van der Waals surface area contributed by atoms with Crippen molar-refractivity contribution in [3.63, 3.8) is 0 Å². The average Bonchev–Trinajstić information content (AvgIpc) is 2.51. The van der Waals surface area contributed by atoms with Gasteiger partial charge >= 0.3 is 6.61 Å². The minimum Gasteiger partial charge on any atom is -0.479 e. The molecule has 128 valence electrons. The quantitative estimate of drug-likeness (QED) is 0.772. The molecule has 0 aromatic heterocycles. The molecule has 0 spiro atoms. The molecule has 8 heteroatoms. The lowest BCUT2D eigenvalue weighted by molar-refractivity contribution is -0.122. The summed E-state index contributed by atoms with van der Waals surface area (Å²) in [7, 11) is 0. The van der Waals surface area contributed by atoms with Crippen LogP contribution in [0.3, 0.4) is 0 Å². The lowest BCUT2D eigenvalue weighted by Gasteiger charge is -2.17. The fraction of sp³-hybridized carbons (Fsp3) is 0.188. The molecule has 24 heavy (non-hydrogen) atoms. The average molecular weight is 376 g/mol. The minimum absolute atomic E-state index is 0.112. The van der Waals surface area contributed by atoms with Gasteiger partial charge in [-0.2, -0.15) is 8.78 Å². The lowest BCUT2D eigenvalue weighted by atomic mass is 10.2. The van der Waals surface area contributed by atoms with Crippen LogP contribution in [0.15, 0.2) is 42.5 Å². The van der Waals surface area contributed by atoms with Crippen molar-refractivity contribution in [2.75, 3.05) is 5.32 Å². The van der Waals surface area contributed by atoms with Gasteiger partial charge in [0.05, 0.1) is 10.7 Å². The van der Waals surface area contributed by atoms with Crippen molar-refractivity contribution >= 4 is 34.8 Å². The summed E-state index contributed by atoms with van der Waals surface area (Å²) in [6.07, 6.45) is -0.928. The van der Waals surface area contributed by atoms with E-state index in [1.165, 1.54) is 37.3 Å². The molecule has 4 nitrogen and oxygen atoms in total. The number of hydrogen-bond acceptors (Lipinski definition) is 3. The van der Waals surface area contributed by atoms with Crippen molar-refractivity contribution in [2.24, 2.45) is 0 Å². The van der Waals surface area contributed by atoms with Gasteiger partial charge in [0.2, 0.25) is 0 Å². The predicted octanol–water partition coefficient (Wildman–Crippen LogP) is 5.00. The first-order valence-electron chi connectivity index (χ1n) is 6.83. The van der Waals surface area contributed by atoms with Crippen molar-refractivity contribution in [1.82, 2.24) is 0 Å². The van der Waals surface area contributed by atoms with Crippen LogP contribution in [0.25, 0.3) is 0 Å². The van der Waals surface area contributed by atoms with Gasteiger partial charge in [0.1, 0.15) is 11.5 Å². The number of carbonyl (C=O) groups excluding carboxylic acids is 1. The Morgan fingerprint density at radius 3 is 2.46 bits per heavy atom. The van der Waals surface area contributed by atoms with E-state index in [4.69, 9.17) is 27.9 Å². The van der Waals surface area contributed by atoms with Crippen LogP contribution in [0, 0.1) is 0 Å². The number of carbonyl (C=O) groups is 1. The topological polar surface area (TPSA) is 47.6 Å². The van der Waals surface area contributed by atoms with Crippen molar-refractivity contribution in [3.05, 3.63) is 52.5 Å². The van der Waals surface area contributed by atoms with Gasteiger partial charge in [-0.15, -0.1) is 0 Å². The van der Waals surface area contributed by atoms with Crippen LogP contribution in [0.5, 0.6) is 11.5 Å². The van der Waals surface area contributed by atoms with Crippen LogP contribution in [0.1, 0.15) is 6.92 Å². The summed E-state index contributed by atoms with van der Waals surface area (Å²) in [5.41, 5.74) is 0.112. The number of amides is 1. The third-order valence-corrected chi connectivity index (χ3v) is 3.46. The Bertz CT molecular complexity index is 728. The van der Waals surface area contributed by atoms with Crippen LogP contribution >= 0.6 is 23.2 Å². The number of halogens is 4. The normalized spacial score (nSPS) is 11.9. The summed E-state index contributed by atoms with van der Waals surface area (Å²) in [5, 5.41) is 3.16. The lowest BCUT2D eigenvalue weighted by Crippen LogP contribution is -2.30. The Hall–Kier alpha value is -2.05. The van der Waals surface area contributed by atoms with Gasteiger partial charge in [0.15, 0.2) is 6.10 Å². The summed E-state index contributed by atoms with van der Waals surface area (Å²) in [4.78, 5) is 12.2. The molecule has 0 aliphatic heterocycles. The summed E-state index contributed by atoms with van der Waals surface area (Å²) >= 11 is 11.8. The summed E-state index contributed by atoms with van der Waals surface area (Å²) in [6.45, 7) is -1.50. The molecule has 1 atom stereocenters. The summed E-state index contributed by atoms with van der Waals surface area (Å²) in [6, 6.07) is 10.4. The molecule has 0 saturated carbocycles. The maximum atomic E-state index is 12.4. The maximum absolute atomic E-state index is 12.4. The highest BCUT2D eigenvalue weighted by Crippen LogP contribution is 2.29. The number of alkyl halides is 2. The number of nitrogens with one attached hydrogen (secondary N) is 1. The van der Waals surface area contributed by atoms with E-state index in [9.17, 15) is 13.6 Å². The molecular formula is C16H13Cl2F2NO3. The first-order valence-corrected chi connectivity index (χ1v) is 7.59. The van der Waals surface area contributed by atoms with Gasteiger partial charge < -0.3 is 14.8 Å². The highest BCUT2D eigenvalue weighted by molar-refractivity contribution is 6.35. The van der Waals surface area contributed by atoms with Crippen molar-refractivity contribution in [3.8, 4) is 11.5 Å². The van der Waals surface area contributed by atoms with Gasteiger partial charge in [-0.3, -0.25) is 4.79 Å². The molecule has 0 aliphatic carbocycles. The van der Waals surface area contributed by atoms with Crippen LogP contribution in [0.2, 0.25) is 10.0 Å². The van der Waals surface area contributed by atoms with Crippen molar-refractivity contribution < 1.29 is 23.0 Å². The number of ether oxygens (including phenoxy) is 2. The molecule has 1 N–H and O–H groups in total. The molecular weight excluding hydrogens is 363 g/mol. The molecule has 0 unspecified atom stereocenters. The molecule has 0 radical (unpaired) electrons. The van der Waals surface area contributed by atoms with Gasteiger partial charge in [-0.1, -0.05) is 35.3 Å². The van der Waals surface area contributed by atoms with E-state index in [0.29, 0.717) is 5.02 Å². The molecule has 1 amide bonds. The zero-order valence-electron chi connectivity index (χ0n) is 12.4. The van der Waals surface area contributed by atoms with E-state index < -0.39 is 18.6 Å². The molecule has 0 saturated heterocycles. The summed E-state index contributed by atoms with van der Waals surface area (Å²) < 4.78 is 34.6. The van der Waals surface area contributed by atoms with E-state index in [1.807, 2.05) is 0 Å². The molecule has 2 aromatic rings. The molecule has 0 heterocycles. The number of hydrogen-bond donors (Lipinski definition) is 1. The fourth-order valence-electron chi connectivity index (χ4n) is 1.82. The molecule has 0 fully saturated rings. The van der Waals surface area contributed by atoms with Crippen molar-refractivity contribution in [1.29, 1.82) is 0 Å². The van der Waals surface area contributed by atoms with E-state index >= 15 is 0 Å². The molecule has 2 aromatic carbocycles. The van der Waals surface area contributed by atoms with Gasteiger partial charge in [-0.05, 0) is 37.3 Å². The second kappa shape index (κ2) is 8.17. The zero-order chi connectivity index (χ0) is 17.7. The molecule has 2 rings (SSSR count). The van der Waals surface area contributed by atoms with Crippen LogP contribution in [-0.2, 0) is 4.79 Å². The Morgan fingerprint density at radius 1 is 1.08 bits per heavy atom. The van der Waals surface area contributed by atoms with Crippen LogP contribution < -0.4 is 14.8 Å². The van der Waals surface area contributed by atoms with E-state index in [-0.39, 0.29) is 22.2 Å². The van der Waals surface area contributed by atoms with Crippen molar-refractivity contribution in [2.45, 2.75) is 19.6 Å². The van der Waals surface area contributed by atoms with Gasteiger partial charge in [-0.25, -0.2) is 0 Å². The Kier molecular flexibility index (Phi) is 6.23. The first kappa shape index (κ1) is 18.3. The van der Waals surface area contributed by atoms with Crippen LogP contribution in [0.4, 0.5) is 14.5 Å². The zero-order valence-corrected chi connectivity index (χ0v) is 13.9. The minimum atomic E-state index is -3.00. The molecule has 0 aliphatic rings. The highest BCUT2D eigenvalue weighted by Gasteiger charge is 2.19. The monoisotopic (exact) mass is 375 g/mol. The Labute approximate surface area is 147 Å². The van der Waals surface area contributed by atoms with Gasteiger partial charge in [0.25, 0.3) is 5.91 Å². The van der Waals surface area contributed by atoms with Crippen LogP contribution in [-0.4, -0.2) is 18.6 Å². The first-order chi connectivity index (χ1) is 11.4. The maximum Gasteiger partial charge on any atom is 0.387 e. The molecule has 0 bridgehead atoms. The van der Waals surface area contributed by atoms with E-state index in [0.717, 1.165) is 0 Å². The second-order valence-electron chi connectivity index (χ2n) is 4.70. The number of para-hydroxylation sites is 2. The number of benzene rings is 2. The third kappa shape index (κ3) is 4.97. The van der Waals surface area contributed by atoms with Gasteiger partial charge in [0, 0.05) is 5.02 Å². The number of rotatable bonds is 6. The predicted molar refractivity (Wildman–Crippen MR) is 88.3 cm³/mol. The van der Waals surface area contributed by atoms with E-state index in [2.05, 4.69) is 10.1 Å². The highest BCUT2D eigenvalue weighted by atomic mass is 35.5. The number of anilines is 1. The summed E-state index contributed by atoms with van der Waals surface area (Å²) in [5.74, 6) is -0.412.